The highest BCUT2D eigenvalue weighted by Crippen LogP contribution is 2.49. The van der Waals surface area contributed by atoms with Crippen molar-refractivity contribution in [1.29, 1.82) is 0 Å². The Labute approximate surface area is 270 Å². The summed E-state index contributed by atoms with van der Waals surface area (Å²) in [7, 11) is -4.02. The van der Waals surface area contributed by atoms with Gasteiger partial charge in [-0.05, 0) is 105 Å². The lowest BCUT2D eigenvalue weighted by atomic mass is 9.63. The van der Waals surface area contributed by atoms with Crippen molar-refractivity contribution in [3.8, 4) is 5.75 Å². The minimum Gasteiger partial charge on any atom is -0.490 e. The fourth-order valence-corrected chi connectivity index (χ4v) is 9.35. The van der Waals surface area contributed by atoms with Crippen LogP contribution in [0.15, 0.2) is 61.0 Å². The van der Waals surface area contributed by atoms with Crippen molar-refractivity contribution in [3.05, 3.63) is 82.7 Å². The van der Waals surface area contributed by atoms with Gasteiger partial charge in [-0.1, -0.05) is 43.3 Å². The topological polar surface area (TPSA) is 95.9 Å². The summed E-state index contributed by atoms with van der Waals surface area (Å²) in [5.41, 5.74) is 1.52. The maximum Gasteiger partial charge on any atom is 0.264 e. The number of fused-ring (bicyclic) bond motifs is 4. The van der Waals surface area contributed by atoms with E-state index in [4.69, 9.17) is 16.3 Å². The highest BCUT2D eigenvalue weighted by atomic mass is 35.5. The van der Waals surface area contributed by atoms with E-state index in [1.165, 1.54) is 11.1 Å². The van der Waals surface area contributed by atoms with Crippen molar-refractivity contribution in [1.82, 2.24) is 4.72 Å². The highest BCUT2D eigenvalue weighted by Gasteiger charge is 2.48. The van der Waals surface area contributed by atoms with Crippen LogP contribution in [-0.2, 0) is 21.9 Å². The van der Waals surface area contributed by atoms with Gasteiger partial charge in [0.15, 0.2) is 0 Å². The SMILES string of the molecule is C=C(F)C[C@@]1(O)/C=C/C[C@H](C)[C@@H](C)S(=O)(=O)NC(=O)c2ccc3c(c2)N(C[C@@H]2CC[C@H]21)C[C@@]1(CCCc2cc(Cl)ccc21)CO3. The van der Waals surface area contributed by atoms with E-state index in [0.29, 0.717) is 42.6 Å². The molecule has 2 aliphatic heterocycles. The quantitative estimate of drug-likeness (QED) is 0.359. The van der Waals surface area contributed by atoms with Gasteiger partial charge in [0.05, 0.1) is 29.0 Å². The Kier molecular flexibility index (Phi) is 8.59. The van der Waals surface area contributed by atoms with Gasteiger partial charge in [-0.15, -0.1) is 0 Å². The average Bonchev–Trinajstić information content (AvgIpc) is 3.10. The van der Waals surface area contributed by atoms with Crippen molar-refractivity contribution in [2.45, 2.75) is 75.1 Å². The fourth-order valence-electron chi connectivity index (χ4n) is 7.87. The number of carbonyl (C=O) groups excluding carboxylic acids is 1. The summed E-state index contributed by atoms with van der Waals surface area (Å²) in [5.74, 6) is -1.22. The molecule has 7 nitrogen and oxygen atoms in total. The lowest BCUT2D eigenvalue weighted by molar-refractivity contribution is -0.0473. The van der Waals surface area contributed by atoms with Crippen LogP contribution in [0.2, 0.25) is 5.02 Å². The lowest BCUT2D eigenvalue weighted by Gasteiger charge is -2.49. The zero-order valence-corrected chi connectivity index (χ0v) is 27.5. The Balaban J connectivity index is 1.46. The molecule has 1 fully saturated rings. The zero-order chi connectivity index (χ0) is 32.1. The van der Waals surface area contributed by atoms with Gasteiger partial charge < -0.3 is 14.7 Å². The highest BCUT2D eigenvalue weighted by molar-refractivity contribution is 7.90. The number of aryl methyl sites for hydroxylation is 1. The molecule has 2 bridgehead atoms. The van der Waals surface area contributed by atoms with Crippen molar-refractivity contribution in [2.24, 2.45) is 17.8 Å². The first-order valence-corrected chi connectivity index (χ1v) is 17.8. The molecule has 6 rings (SSSR count). The molecule has 242 valence electrons. The molecule has 2 aromatic carbocycles. The number of hydrogen-bond donors (Lipinski definition) is 2. The molecular weight excluding hydrogens is 615 g/mol. The first kappa shape index (κ1) is 32.1. The van der Waals surface area contributed by atoms with Gasteiger partial charge in [0.25, 0.3) is 5.91 Å². The Hall–Kier alpha value is -2.88. The zero-order valence-electron chi connectivity index (χ0n) is 25.9. The number of sulfonamides is 1. The fraction of sp³-hybridized carbons (Fsp3) is 0.514. The summed E-state index contributed by atoms with van der Waals surface area (Å²) in [6.07, 6.45) is 7.90. The number of nitrogens with one attached hydrogen (secondary N) is 1. The van der Waals surface area contributed by atoms with E-state index in [9.17, 15) is 22.7 Å². The van der Waals surface area contributed by atoms with E-state index in [2.05, 4.69) is 22.3 Å². The number of hydrogen-bond acceptors (Lipinski definition) is 6. The number of ether oxygens (including phenoxy) is 1. The van der Waals surface area contributed by atoms with Crippen LogP contribution in [-0.4, -0.2) is 50.0 Å². The maximum atomic E-state index is 14.4. The first-order valence-electron chi connectivity index (χ1n) is 15.9. The molecule has 1 amide bonds. The molecule has 2 aliphatic carbocycles. The molecular formula is C35H42ClFN2O5S. The van der Waals surface area contributed by atoms with Gasteiger partial charge >= 0.3 is 0 Å². The predicted octanol–water partition coefficient (Wildman–Crippen LogP) is 6.49. The summed E-state index contributed by atoms with van der Waals surface area (Å²) in [6.45, 7) is 8.39. The van der Waals surface area contributed by atoms with E-state index in [0.717, 1.165) is 32.1 Å². The van der Waals surface area contributed by atoms with Crippen molar-refractivity contribution < 1.29 is 27.4 Å². The van der Waals surface area contributed by atoms with E-state index in [1.54, 1.807) is 44.2 Å². The number of anilines is 1. The number of aliphatic hydroxyl groups is 1. The number of amides is 1. The second kappa shape index (κ2) is 12.0. The van der Waals surface area contributed by atoms with Crippen LogP contribution in [0.4, 0.5) is 10.1 Å². The van der Waals surface area contributed by atoms with E-state index in [1.807, 2.05) is 12.1 Å². The molecule has 0 saturated heterocycles. The van der Waals surface area contributed by atoms with Gasteiger partial charge in [0.1, 0.15) is 5.75 Å². The molecule has 0 aromatic heterocycles. The molecule has 0 unspecified atom stereocenters. The third-order valence-corrected chi connectivity index (χ3v) is 12.9. The van der Waals surface area contributed by atoms with Crippen LogP contribution in [0.25, 0.3) is 0 Å². The van der Waals surface area contributed by atoms with Crippen LogP contribution in [0.3, 0.4) is 0 Å². The normalized spacial score (nSPS) is 33.4. The second-order valence-corrected chi connectivity index (χ2v) is 16.2. The smallest absolute Gasteiger partial charge is 0.264 e. The van der Waals surface area contributed by atoms with Gasteiger partial charge in [-0.3, -0.25) is 4.79 Å². The molecule has 0 radical (unpaired) electrons. The maximum absolute atomic E-state index is 14.4. The van der Waals surface area contributed by atoms with Crippen molar-refractivity contribution in [3.63, 3.8) is 0 Å². The molecule has 1 saturated carbocycles. The molecule has 1 spiro atoms. The molecule has 2 N–H and O–H groups in total. The Bertz CT molecular complexity index is 1650. The Morgan fingerprint density at radius 1 is 1.22 bits per heavy atom. The lowest BCUT2D eigenvalue weighted by Crippen LogP contribution is -2.52. The van der Waals surface area contributed by atoms with Crippen molar-refractivity contribution >= 4 is 33.2 Å². The number of halogens is 2. The standard InChI is InChI=1S/C35H42ClFN2O5S/c1-22-6-4-15-35(41,18-23(2)37)30-11-8-27(30)19-39-20-34(14-5-7-25-16-28(36)10-12-29(25)34)21-44-32-13-9-26(17-31(32)39)33(40)38-45(42,43)24(22)3/h4,9-10,12-13,15-17,22,24,27,30,41H,2,5-8,11,14,18-21H2,1,3H3,(H,38,40)/b15-4+/t22-,24+,27-,30+,34-,35-/m0/s1. The second-order valence-electron chi connectivity index (χ2n) is 13.7. The van der Waals surface area contributed by atoms with Crippen LogP contribution in [0.1, 0.15) is 73.9 Å². The summed E-state index contributed by atoms with van der Waals surface area (Å²) in [4.78, 5) is 15.6. The van der Waals surface area contributed by atoms with Gasteiger partial charge in [-0.25, -0.2) is 17.5 Å². The summed E-state index contributed by atoms with van der Waals surface area (Å²) in [6, 6.07) is 11.1. The van der Waals surface area contributed by atoms with E-state index < -0.39 is 32.6 Å². The largest absolute Gasteiger partial charge is 0.490 e. The summed E-state index contributed by atoms with van der Waals surface area (Å²) in [5, 5.41) is 11.7. The molecule has 45 heavy (non-hydrogen) atoms. The van der Waals surface area contributed by atoms with E-state index in [-0.39, 0.29) is 35.2 Å². The Morgan fingerprint density at radius 2 is 2.02 bits per heavy atom. The third kappa shape index (κ3) is 6.15. The number of carbonyl (C=O) groups is 1. The van der Waals surface area contributed by atoms with E-state index >= 15 is 0 Å². The molecule has 2 heterocycles. The average molecular weight is 657 g/mol. The third-order valence-electron chi connectivity index (χ3n) is 10.7. The number of benzene rings is 2. The van der Waals surface area contributed by atoms with Gasteiger partial charge in [0.2, 0.25) is 10.0 Å². The van der Waals surface area contributed by atoms with Crippen molar-refractivity contribution in [2.75, 3.05) is 24.6 Å². The van der Waals surface area contributed by atoms with Crippen LogP contribution >= 0.6 is 11.6 Å². The predicted molar refractivity (Wildman–Crippen MR) is 175 cm³/mol. The van der Waals surface area contributed by atoms with Crippen LogP contribution < -0.4 is 14.4 Å². The molecule has 6 atom stereocenters. The molecule has 4 aliphatic rings. The van der Waals surface area contributed by atoms with Crippen LogP contribution in [0.5, 0.6) is 5.75 Å². The molecule has 2 aromatic rings. The van der Waals surface area contributed by atoms with Crippen LogP contribution in [0, 0.1) is 17.8 Å². The number of rotatable bonds is 2. The van der Waals surface area contributed by atoms with Gasteiger partial charge in [-0.2, -0.15) is 0 Å². The number of nitrogens with zero attached hydrogens (tertiary/aromatic N) is 1. The molecule has 10 heteroatoms. The Morgan fingerprint density at radius 3 is 2.76 bits per heavy atom. The first-order chi connectivity index (χ1) is 21.3. The monoisotopic (exact) mass is 656 g/mol. The van der Waals surface area contributed by atoms with Gasteiger partial charge in [0, 0.05) is 35.5 Å². The minimum absolute atomic E-state index is 0.0393. The summed E-state index contributed by atoms with van der Waals surface area (Å²) >= 11 is 6.39. The number of allylic oxidation sites excluding steroid dienone is 1. The summed E-state index contributed by atoms with van der Waals surface area (Å²) < 4.78 is 49.7. The minimum atomic E-state index is -4.02.